The number of hydrogen-bond donors (Lipinski definition) is 1. The van der Waals surface area contributed by atoms with E-state index in [0.717, 1.165) is 35.5 Å². The first-order chi connectivity index (χ1) is 14.4. The molecule has 1 N–H and O–H groups in total. The van der Waals surface area contributed by atoms with Crippen LogP contribution in [0.5, 0.6) is 11.5 Å². The molecule has 7 rings (SSSR count). The van der Waals surface area contributed by atoms with Crippen molar-refractivity contribution >= 4 is 11.9 Å². The van der Waals surface area contributed by atoms with E-state index in [1.807, 2.05) is 25.1 Å². The van der Waals surface area contributed by atoms with E-state index in [2.05, 4.69) is 5.32 Å². The molecule has 2 aliphatic heterocycles. The van der Waals surface area contributed by atoms with E-state index in [4.69, 9.17) is 9.47 Å². The van der Waals surface area contributed by atoms with Crippen molar-refractivity contribution in [3.05, 3.63) is 23.8 Å². The molecule has 30 heavy (non-hydrogen) atoms. The minimum atomic E-state index is -0.910. The smallest absolute Gasteiger partial charge is 0.325 e. The van der Waals surface area contributed by atoms with Gasteiger partial charge >= 0.3 is 6.03 Å². The highest BCUT2D eigenvalue weighted by atomic mass is 16.7. The first-order valence-electron chi connectivity index (χ1n) is 11.4. The first-order valence-corrected chi connectivity index (χ1v) is 11.4. The summed E-state index contributed by atoms with van der Waals surface area (Å²) in [6, 6.07) is 5.47. The first kappa shape index (κ1) is 18.5. The predicted molar refractivity (Wildman–Crippen MR) is 110 cm³/mol. The van der Waals surface area contributed by atoms with Gasteiger partial charge in [0.25, 0.3) is 5.91 Å². The number of carbonyl (C=O) groups is 2. The average Bonchev–Trinajstić information content (AvgIpc) is 3.22. The van der Waals surface area contributed by atoms with Gasteiger partial charge < -0.3 is 14.8 Å². The molecule has 1 unspecified atom stereocenters. The van der Waals surface area contributed by atoms with Crippen molar-refractivity contribution in [3.63, 3.8) is 0 Å². The van der Waals surface area contributed by atoms with Crippen LogP contribution < -0.4 is 14.8 Å². The highest BCUT2D eigenvalue weighted by Gasteiger charge is 2.52. The van der Waals surface area contributed by atoms with E-state index in [1.165, 1.54) is 43.4 Å². The van der Waals surface area contributed by atoms with Crippen molar-refractivity contribution in [1.29, 1.82) is 0 Å². The summed E-state index contributed by atoms with van der Waals surface area (Å²) >= 11 is 0. The molecule has 1 atom stereocenters. The number of hydrogen-bond acceptors (Lipinski definition) is 4. The molecule has 1 aromatic rings. The van der Waals surface area contributed by atoms with Crippen LogP contribution in [0.25, 0.3) is 0 Å². The molecule has 1 aromatic carbocycles. The SMILES string of the molecule is CC1(Cc2ccc3c(c2)OCO3)NC(=O)N(CCC23CC4CC(CC(C4)C2)C3)C1=O. The largest absolute Gasteiger partial charge is 0.454 e. The Morgan fingerprint density at radius 2 is 1.70 bits per heavy atom. The molecular formula is C24H30N2O4. The summed E-state index contributed by atoms with van der Waals surface area (Å²) in [4.78, 5) is 27.5. The van der Waals surface area contributed by atoms with Crippen LogP contribution in [0.15, 0.2) is 18.2 Å². The molecule has 1 saturated heterocycles. The molecule has 6 heteroatoms. The van der Waals surface area contributed by atoms with Crippen molar-refractivity contribution < 1.29 is 19.1 Å². The third-order valence-electron chi connectivity index (χ3n) is 8.37. The van der Waals surface area contributed by atoms with E-state index in [0.29, 0.717) is 24.1 Å². The predicted octanol–water partition coefficient (Wildman–Crippen LogP) is 3.87. The maximum absolute atomic E-state index is 13.3. The molecule has 2 heterocycles. The number of fused-ring (bicyclic) bond motifs is 1. The summed E-state index contributed by atoms with van der Waals surface area (Å²) in [5, 5.41) is 2.97. The summed E-state index contributed by atoms with van der Waals surface area (Å²) in [6.07, 6.45) is 9.56. The Morgan fingerprint density at radius 3 is 2.40 bits per heavy atom. The number of rotatable bonds is 5. The lowest BCUT2D eigenvalue weighted by Crippen LogP contribution is -2.48. The van der Waals surface area contributed by atoms with Crippen molar-refractivity contribution in [2.45, 2.75) is 63.8 Å². The van der Waals surface area contributed by atoms with Crippen molar-refractivity contribution in [3.8, 4) is 11.5 Å². The Hall–Kier alpha value is -2.24. The van der Waals surface area contributed by atoms with Crippen LogP contribution in [-0.2, 0) is 11.2 Å². The van der Waals surface area contributed by atoms with Crippen molar-refractivity contribution in [1.82, 2.24) is 10.2 Å². The molecule has 4 saturated carbocycles. The second-order valence-electron chi connectivity index (χ2n) is 10.8. The fraction of sp³-hybridized carbons (Fsp3) is 0.667. The fourth-order valence-electron chi connectivity index (χ4n) is 7.47. The summed E-state index contributed by atoms with van der Waals surface area (Å²) in [7, 11) is 0. The van der Waals surface area contributed by atoms with Crippen LogP contribution in [0.2, 0.25) is 0 Å². The molecule has 160 valence electrons. The lowest BCUT2D eigenvalue weighted by molar-refractivity contribution is -0.131. The number of benzene rings is 1. The molecule has 4 aliphatic carbocycles. The minimum Gasteiger partial charge on any atom is -0.454 e. The maximum Gasteiger partial charge on any atom is 0.325 e. The number of nitrogens with zero attached hydrogens (tertiary/aromatic N) is 1. The number of ether oxygens (including phenoxy) is 2. The molecule has 0 aromatic heterocycles. The third kappa shape index (κ3) is 2.90. The van der Waals surface area contributed by atoms with Gasteiger partial charge in [-0.15, -0.1) is 0 Å². The zero-order valence-corrected chi connectivity index (χ0v) is 17.6. The van der Waals surface area contributed by atoms with Crippen LogP contribution in [0.3, 0.4) is 0 Å². The van der Waals surface area contributed by atoms with E-state index < -0.39 is 5.54 Å². The Bertz CT molecular complexity index is 877. The number of urea groups is 1. The lowest BCUT2D eigenvalue weighted by atomic mass is 9.49. The van der Waals surface area contributed by atoms with Crippen molar-refractivity contribution in [2.75, 3.05) is 13.3 Å². The number of imide groups is 1. The van der Waals surface area contributed by atoms with Crippen LogP contribution >= 0.6 is 0 Å². The summed E-state index contributed by atoms with van der Waals surface area (Å²) in [5.41, 5.74) is 0.413. The fourth-order valence-corrected chi connectivity index (χ4v) is 7.47. The third-order valence-corrected chi connectivity index (χ3v) is 8.37. The monoisotopic (exact) mass is 410 g/mol. The van der Waals surface area contributed by atoms with Crippen LogP contribution in [-0.4, -0.2) is 35.7 Å². The van der Waals surface area contributed by atoms with Gasteiger partial charge in [-0.05, 0) is 92.7 Å². The molecule has 0 spiro atoms. The zero-order valence-electron chi connectivity index (χ0n) is 17.6. The van der Waals surface area contributed by atoms with Gasteiger partial charge in [0, 0.05) is 13.0 Å². The van der Waals surface area contributed by atoms with E-state index >= 15 is 0 Å². The van der Waals surface area contributed by atoms with E-state index in [-0.39, 0.29) is 18.7 Å². The molecule has 0 radical (unpaired) electrons. The summed E-state index contributed by atoms with van der Waals surface area (Å²) < 4.78 is 10.8. The van der Waals surface area contributed by atoms with Gasteiger partial charge in [-0.25, -0.2) is 4.79 Å². The number of carbonyl (C=O) groups excluding carboxylic acids is 2. The summed E-state index contributed by atoms with van der Waals surface area (Å²) in [6.45, 7) is 2.61. The number of amides is 3. The average molecular weight is 411 g/mol. The number of nitrogens with one attached hydrogen (secondary N) is 1. The lowest BCUT2D eigenvalue weighted by Gasteiger charge is -2.57. The van der Waals surface area contributed by atoms with E-state index in [9.17, 15) is 9.59 Å². The quantitative estimate of drug-likeness (QED) is 0.748. The zero-order chi connectivity index (χ0) is 20.5. The van der Waals surface area contributed by atoms with Gasteiger partial charge in [0.1, 0.15) is 5.54 Å². The second kappa shape index (κ2) is 6.38. The highest BCUT2D eigenvalue weighted by Crippen LogP contribution is 2.61. The Labute approximate surface area is 177 Å². The van der Waals surface area contributed by atoms with Gasteiger partial charge in [0.15, 0.2) is 11.5 Å². The minimum absolute atomic E-state index is 0.102. The molecule has 3 amide bonds. The maximum atomic E-state index is 13.3. The Morgan fingerprint density at radius 1 is 1.03 bits per heavy atom. The van der Waals surface area contributed by atoms with Gasteiger partial charge in [0.2, 0.25) is 6.79 Å². The molecule has 6 aliphatic rings. The highest BCUT2D eigenvalue weighted by molar-refractivity contribution is 6.06. The van der Waals surface area contributed by atoms with Crippen LogP contribution in [0, 0.1) is 23.2 Å². The van der Waals surface area contributed by atoms with Gasteiger partial charge in [-0.3, -0.25) is 9.69 Å². The van der Waals surface area contributed by atoms with Crippen LogP contribution in [0.4, 0.5) is 4.79 Å². The molecule has 5 fully saturated rings. The van der Waals surface area contributed by atoms with Gasteiger partial charge in [-0.1, -0.05) is 6.07 Å². The topological polar surface area (TPSA) is 67.9 Å². The second-order valence-corrected chi connectivity index (χ2v) is 10.8. The Kier molecular flexibility index (Phi) is 3.94. The molecule has 4 bridgehead atoms. The van der Waals surface area contributed by atoms with Gasteiger partial charge in [-0.2, -0.15) is 0 Å². The van der Waals surface area contributed by atoms with Crippen LogP contribution in [0.1, 0.15) is 57.4 Å². The molecular weight excluding hydrogens is 380 g/mol. The summed E-state index contributed by atoms with van der Waals surface area (Å²) in [5.74, 6) is 3.98. The van der Waals surface area contributed by atoms with Gasteiger partial charge in [0.05, 0.1) is 0 Å². The standard InChI is InChI=1S/C24H30N2O4/c1-23(10-15-2-3-19-20(9-15)30-14-29-19)21(27)26(22(28)25-23)5-4-24-11-16-6-17(12-24)8-18(7-16)13-24/h2-3,9,16-18H,4-8,10-14H2,1H3,(H,25,28). The Balaban J connectivity index is 1.15. The normalized spacial score (nSPS) is 38.4. The van der Waals surface area contributed by atoms with E-state index in [1.54, 1.807) is 0 Å². The van der Waals surface area contributed by atoms with Crippen molar-refractivity contribution in [2.24, 2.45) is 23.2 Å². The molecule has 6 nitrogen and oxygen atoms in total.